The van der Waals surface area contributed by atoms with Gasteiger partial charge in [0.2, 0.25) is 0 Å². The molecule has 0 rings (SSSR count). The Bertz CT molecular complexity index is 45.3. The molecule has 0 heterocycles. The highest BCUT2D eigenvalue weighted by Gasteiger charge is 1.86. The van der Waals surface area contributed by atoms with Gasteiger partial charge in [0.1, 0.15) is 0 Å². The van der Waals surface area contributed by atoms with E-state index in [1.807, 2.05) is 7.05 Å². The van der Waals surface area contributed by atoms with Gasteiger partial charge in [0.15, 0.2) is 0 Å². The van der Waals surface area contributed by atoms with Crippen molar-refractivity contribution in [1.29, 1.82) is 0 Å². The van der Waals surface area contributed by atoms with Crippen LogP contribution in [0.5, 0.6) is 0 Å². The molecule has 0 aliphatic rings. The molecule has 0 aromatic heterocycles. The molecule has 0 bridgehead atoms. The molecule has 0 radical (unpaired) electrons. The summed E-state index contributed by atoms with van der Waals surface area (Å²) in [5.74, 6) is 10.2. The van der Waals surface area contributed by atoms with Crippen LogP contribution in [0.25, 0.3) is 0 Å². The van der Waals surface area contributed by atoms with Crippen molar-refractivity contribution in [3.8, 4) is 0 Å². The molecule has 4 nitrogen and oxygen atoms in total. The van der Waals surface area contributed by atoms with E-state index in [1.54, 1.807) is 0 Å². The minimum atomic E-state index is 0.737. The van der Waals surface area contributed by atoms with E-state index in [1.165, 1.54) is 5.12 Å². The van der Waals surface area contributed by atoms with Gasteiger partial charge < -0.3 is 5.32 Å². The van der Waals surface area contributed by atoms with Gasteiger partial charge in [-0.05, 0) is 20.0 Å². The number of nitrogens with two attached hydrogens (primary N) is 2. The molecule has 0 fully saturated rings. The second-order valence-electron chi connectivity index (χ2n) is 1.69. The van der Waals surface area contributed by atoms with Gasteiger partial charge in [-0.3, -0.25) is 11.7 Å². The second kappa shape index (κ2) is 4.99. The maximum atomic E-state index is 5.12. The molecule has 0 aromatic carbocycles. The fourth-order valence-electron chi connectivity index (χ4n) is 0.438. The summed E-state index contributed by atoms with van der Waals surface area (Å²) in [4.78, 5) is 0. The Hall–Kier alpha value is -0.160. The Morgan fingerprint density at radius 3 is 2.50 bits per heavy atom. The van der Waals surface area contributed by atoms with Crippen LogP contribution in [-0.2, 0) is 0 Å². The van der Waals surface area contributed by atoms with Crippen molar-refractivity contribution in [2.75, 3.05) is 20.1 Å². The summed E-state index contributed by atoms with van der Waals surface area (Å²) in [5.41, 5.74) is 0. The van der Waals surface area contributed by atoms with E-state index in [4.69, 9.17) is 11.7 Å². The van der Waals surface area contributed by atoms with Crippen LogP contribution in [-0.4, -0.2) is 25.3 Å². The Kier molecular flexibility index (Phi) is 4.89. The predicted molar refractivity (Wildman–Crippen MR) is 33.6 cm³/mol. The molecular weight excluding hydrogens is 104 g/mol. The van der Waals surface area contributed by atoms with Crippen LogP contribution >= 0.6 is 0 Å². The lowest BCUT2D eigenvalue weighted by Gasteiger charge is -2.06. The SMILES string of the molecule is CNCCCN(N)N. The van der Waals surface area contributed by atoms with E-state index in [0.717, 1.165) is 19.5 Å². The highest BCUT2D eigenvalue weighted by molar-refractivity contribution is 4.42. The van der Waals surface area contributed by atoms with Crippen LogP contribution in [0.15, 0.2) is 0 Å². The normalized spacial score (nSPS) is 10.5. The van der Waals surface area contributed by atoms with E-state index in [-0.39, 0.29) is 0 Å². The van der Waals surface area contributed by atoms with Gasteiger partial charge in [0.05, 0.1) is 0 Å². The highest BCUT2D eigenvalue weighted by Crippen LogP contribution is 1.72. The summed E-state index contributed by atoms with van der Waals surface area (Å²) in [6.07, 6.45) is 0.990. The molecular formula is C4H14N4. The Morgan fingerprint density at radius 2 is 2.12 bits per heavy atom. The molecule has 50 valence electrons. The first-order chi connectivity index (χ1) is 3.77. The predicted octanol–water partition coefficient (Wildman–Crippen LogP) is -1.35. The molecule has 0 saturated heterocycles. The molecule has 8 heavy (non-hydrogen) atoms. The van der Waals surface area contributed by atoms with Gasteiger partial charge in [-0.1, -0.05) is 0 Å². The lowest BCUT2D eigenvalue weighted by molar-refractivity contribution is 0.289. The third kappa shape index (κ3) is 5.84. The van der Waals surface area contributed by atoms with Crippen LogP contribution in [0, 0.1) is 0 Å². The molecule has 0 spiro atoms. The number of rotatable bonds is 4. The molecule has 5 N–H and O–H groups in total. The first kappa shape index (κ1) is 7.84. The summed E-state index contributed by atoms with van der Waals surface area (Å²) >= 11 is 0. The van der Waals surface area contributed by atoms with Gasteiger partial charge in [-0.15, -0.1) is 0 Å². The number of hydrogen-bond donors (Lipinski definition) is 3. The van der Waals surface area contributed by atoms with Crippen molar-refractivity contribution in [2.24, 2.45) is 11.7 Å². The zero-order valence-electron chi connectivity index (χ0n) is 5.22. The van der Waals surface area contributed by atoms with Gasteiger partial charge in [0, 0.05) is 6.54 Å². The molecule has 0 aliphatic heterocycles. The van der Waals surface area contributed by atoms with Gasteiger partial charge in [-0.25, -0.2) is 0 Å². The lowest BCUT2D eigenvalue weighted by atomic mass is 10.4. The van der Waals surface area contributed by atoms with E-state index < -0.39 is 0 Å². The van der Waals surface area contributed by atoms with Crippen molar-refractivity contribution >= 4 is 0 Å². The number of nitrogens with one attached hydrogen (secondary N) is 1. The topological polar surface area (TPSA) is 67.3 Å². The third-order valence-corrected chi connectivity index (χ3v) is 0.843. The first-order valence-corrected chi connectivity index (χ1v) is 2.69. The van der Waals surface area contributed by atoms with E-state index in [0.29, 0.717) is 0 Å². The van der Waals surface area contributed by atoms with Crippen molar-refractivity contribution in [3.05, 3.63) is 0 Å². The minimum Gasteiger partial charge on any atom is -0.320 e. The van der Waals surface area contributed by atoms with Crippen LogP contribution in [0.1, 0.15) is 6.42 Å². The van der Waals surface area contributed by atoms with Gasteiger partial charge in [-0.2, -0.15) is 5.12 Å². The zero-order chi connectivity index (χ0) is 6.41. The lowest BCUT2D eigenvalue weighted by Crippen LogP contribution is -2.39. The van der Waals surface area contributed by atoms with Crippen LogP contribution in [0.2, 0.25) is 0 Å². The monoisotopic (exact) mass is 118 g/mol. The van der Waals surface area contributed by atoms with Crippen molar-refractivity contribution in [2.45, 2.75) is 6.42 Å². The molecule has 0 saturated carbocycles. The van der Waals surface area contributed by atoms with E-state index >= 15 is 0 Å². The summed E-state index contributed by atoms with van der Waals surface area (Å²) in [5, 5.41) is 4.18. The number of hydrogen-bond acceptors (Lipinski definition) is 4. The maximum absolute atomic E-state index is 5.12. The van der Waals surface area contributed by atoms with Crippen LogP contribution in [0.3, 0.4) is 0 Å². The first-order valence-electron chi connectivity index (χ1n) is 2.69. The smallest absolute Gasteiger partial charge is 0.0295 e. The fourth-order valence-corrected chi connectivity index (χ4v) is 0.438. The maximum Gasteiger partial charge on any atom is 0.0295 e. The minimum absolute atomic E-state index is 0.737. The third-order valence-electron chi connectivity index (χ3n) is 0.843. The molecule has 0 atom stereocenters. The van der Waals surface area contributed by atoms with Gasteiger partial charge >= 0.3 is 0 Å². The molecule has 4 heteroatoms. The summed E-state index contributed by atoms with van der Waals surface area (Å²) in [6.45, 7) is 1.70. The van der Waals surface area contributed by atoms with E-state index in [9.17, 15) is 0 Å². The van der Waals surface area contributed by atoms with Crippen molar-refractivity contribution < 1.29 is 0 Å². The second-order valence-corrected chi connectivity index (χ2v) is 1.69. The average Bonchev–Trinajstić information content (AvgIpc) is 1.66. The van der Waals surface area contributed by atoms with Crippen molar-refractivity contribution in [3.63, 3.8) is 0 Å². The highest BCUT2D eigenvalue weighted by atomic mass is 15.6. The Labute approximate surface area is 49.8 Å². The summed E-state index contributed by atoms with van der Waals surface area (Å²) in [7, 11) is 1.90. The molecule has 0 amide bonds. The van der Waals surface area contributed by atoms with E-state index in [2.05, 4.69) is 5.32 Å². The molecule has 0 unspecified atom stereocenters. The summed E-state index contributed by atoms with van der Waals surface area (Å²) < 4.78 is 0. The van der Waals surface area contributed by atoms with Crippen LogP contribution in [0.4, 0.5) is 0 Å². The number of hydrazine groups is 2. The van der Waals surface area contributed by atoms with Gasteiger partial charge in [0.25, 0.3) is 0 Å². The summed E-state index contributed by atoms with van der Waals surface area (Å²) in [6, 6.07) is 0. The quantitative estimate of drug-likeness (QED) is 0.242. The van der Waals surface area contributed by atoms with Crippen LogP contribution < -0.4 is 17.0 Å². The standard InChI is InChI=1S/C4H14N4/c1-7-3-2-4-8(5)6/h7H,2-6H2,1H3. The Morgan fingerprint density at radius 1 is 1.50 bits per heavy atom. The number of nitrogens with zero attached hydrogens (tertiary/aromatic N) is 1. The average molecular weight is 118 g/mol. The van der Waals surface area contributed by atoms with Crippen molar-refractivity contribution in [1.82, 2.24) is 10.4 Å². The Balaban J connectivity index is 2.72. The zero-order valence-corrected chi connectivity index (χ0v) is 5.22. The fraction of sp³-hybridized carbons (Fsp3) is 1.00. The molecule has 0 aliphatic carbocycles. The largest absolute Gasteiger partial charge is 0.320 e. The molecule has 0 aromatic rings.